The van der Waals surface area contributed by atoms with E-state index in [-0.39, 0.29) is 35.0 Å². The number of nitrogens with one attached hydrogen (secondary N) is 1. The zero-order valence-electron chi connectivity index (χ0n) is 13.7. The van der Waals surface area contributed by atoms with Gasteiger partial charge in [-0.3, -0.25) is 4.79 Å². The molecule has 2 atom stereocenters. The molecule has 3 nitrogen and oxygen atoms in total. The molecule has 21 heavy (non-hydrogen) atoms. The monoisotopic (exact) mass is 330 g/mol. The highest BCUT2D eigenvalue weighted by atomic mass is 35.5. The van der Waals surface area contributed by atoms with Gasteiger partial charge in [-0.25, -0.2) is 0 Å². The van der Waals surface area contributed by atoms with Crippen LogP contribution < -0.4 is 11.1 Å². The minimum absolute atomic E-state index is 0. The van der Waals surface area contributed by atoms with Crippen LogP contribution in [0.5, 0.6) is 0 Å². The Morgan fingerprint density at radius 2 is 1.86 bits per heavy atom. The van der Waals surface area contributed by atoms with E-state index in [0.717, 1.165) is 11.3 Å². The topological polar surface area (TPSA) is 55.1 Å². The first-order valence-electron chi connectivity index (χ1n) is 6.96. The third kappa shape index (κ3) is 6.72. The molecule has 0 heterocycles. The lowest BCUT2D eigenvalue weighted by Gasteiger charge is -2.19. The summed E-state index contributed by atoms with van der Waals surface area (Å²) < 4.78 is 0.181. The van der Waals surface area contributed by atoms with Gasteiger partial charge >= 0.3 is 0 Å². The van der Waals surface area contributed by atoms with E-state index in [1.807, 2.05) is 38.6 Å². The summed E-state index contributed by atoms with van der Waals surface area (Å²) in [6.45, 7) is 12.3. The molecule has 120 valence electrons. The molecule has 0 saturated carbocycles. The van der Waals surface area contributed by atoms with Gasteiger partial charge < -0.3 is 11.1 Å². The molecule has 0 aromatic heterocycles. The standard InChI is InChI=1S/C16H26N2OS.ClH/c1-10-9-13(20-16(4,5)6)7-8-14(10)18-15(19)11(2)12(3)17;/h7-9,11-12H,17H2,1-6H3,(H,18,19);1H. The van der Waals surface area contributed by atoms with Gasteiger partial charge in [0.05, 0.1) is 5.92 Å². The van der Waals surface area contributed by atoms with Gasteiger partial charge in [0.25, 0.3) is 0 Å². The van der Waals surface area contributed by atoms with E-state index >= 15 is 0 Å². The third-order valence-corrected chi connectivity index (χ3v) is 4.18. The fourth-order valence-corrected chi connectivity index (χ4v) is 2.76. The van der Waals surface area contributed by atoms with Gasteiger partial charge in [0, 0.05) is 21.4 Å². The van der Waals surface area contributed by atoms with Crippen LogP contribution in [0.15, 0.2) is 23.1 Å². The van der Waals surface area contributed by atoms with Crippen molar-refractivity contribution in [3.63, 3.8) is 0 Å². The van der Waals surface area contributed by atoms with Crippen LogP contribution in [0.3, 0.4) is 0 Å². The molecule has 2 unspecified atom stereocenters. The second-order valence-electron chi connectivity index (χ2n) is 6.33. The van der Waals surface area contributed by atoms with Crippen LogP contribution in [0, 0.1) is 12.8 Å². The van der Waals surface area contributed by atoms with Crippen molar-refractivity contribution < 1.29 is 4.79 Å². The Morgan fingerprint density at radius 3 is 2.29 bits per heavy atom. The Bertz CT molecular complexity index is 484. The quantitative estimate of drug-likeness (QED) is 0.812. The maximum absolute atomic E-state index is 12.0. The van der Waals surface area contributed by atoms with Crippen molar-refractivity contribution in [2.24, 2.45) is 11.7 Å². The van der Waals surface area contributed by atoms with Crippen molar-refractivity contribution in [2.45, 2.75) is 57.2 Å². The van der Waals surface area contributed by atoms with Gasteiger partial charge in [-0.1, -0.05) is 27.7 Å². The van der Waals surface area contributed by atoms with Crippen molar-refractivity contribution in [1.29, 1.82) is 0 Å². The lowest BCUT2D eigenvalue weighted by molar-refractivity contribution is -0.119. The van der Waals surface area contributed by atoms with Gasteiger partial charge in [-0.15, -0.1) is 24.2 Å². The molecule has 0 spiro atoms. The van der Waals surface area contributed by atoms with Gasteiger partial charge in [-0.05, 0) is 37.6 Å². The van der Waals surface area contributed by atoms with Crippen LogP contribution in [-0.4, -0.2) is 16.7 Å². The van der Waals surface area contributed by atoms with Gasteiger partial charge in [0.2, 0.25) is 5.91 Å². The minimum Gasteiger partial charge on any atom is -0.327 e. The minimum atomic E-state index is -0.196. The number of rotatable bonds is 4. The molecule has 0 aliphatic carbocycles. The van der Waals surface area contributed by atoms with Crippen LogP contribution in [0.1, 0.15) is 40.2 Å². The van der Waals surface area contributed by atoms with E-state index in [1.165, 1.54) is 4.90 Å². The lowest BCUT2D eigenvalue weighted by Crippen LogP contribution is -2.34. The molecule has 0 fully saturated rings. The summed E-state index contributed by atoms with van der Waals surface area (Å²) >= 11 is 1.82. The molecule has 0 radical (unpaired) electrons. The molecule has 1 rings (SSSR count). The molecule has 0 aliphatic rings. The van der Waals surface area contributed by atoms with E-state index in [1.54, 1.807) is 0 Å². The highest BCUT2D eigenvalue weighted by Crippen LogP contribution is 2.33. The number of carbonyl (C=O) groups is 1. The van der Waals surface area contributed by atoms with Crippen molar-refractivity contribution in [3.8, 4) is 0 Å². The summed E-state index contributed by atoms with van der Waals surface area (Å²) in [5, 5.41) is 2.95. The molecule has 3 N–H and O–H groups in total. The number of carbonyl (C=O) groups excluding carboxylic acids is 1. The van der Waals surface area contributed by atoms with Crippen LogP contribution in [0.2, 0.25) is 0 Å². The van der Waals surface area contributed by atoms with Gasteiger partial charge in [0.1, 0.15) is 0 Å². The maximum atomic E-state index is 12.0. The first-order chi connectivity index (χ1) is 9.10. The Balaban J connectivity index is 0.00000400. The summed E-state index contributed by atoms with van der Waals surface area (Å²) in [4.78, 5) is 13.2. The molecule has 0 aliphatic heterocycles. The molecule has 1 amide bonds. The third-order valence-electron chi connectivity index (χ3n) is 3.08. The fraction of sp³-hybridized carbons (Fsp3) is 0.562. The van der Waals surface area contributed by atoms with E-state index < -0.39 is 0 Å². The van der Waals surface area contributed by atoms with E-state index in [0.29, 0.717) is 0 Å². The van der Waals surface area contributed by atoms with Gasteiger partial charge in [-0.2, -0.15) is 0 Å². The average Bonchev–Trinajstić information content (AvgIpc) is 2.29. The zero-order chi connectivity index (χ0) is 15.5. The molecule has 5 heteroatoms. The van der Waals surface area contributed by atoms with E-state index in [9.17, 15) is 4.79 Å². The Kier molecular flexibility index (Phi) is 7.79. The first kappa shape index (κ1) is 20.3. The second kappa shape index (κ2) is 8.06. The smallest absolute Gasteiger partial charge is 0.228 e. The average molecular weight is 331 g/mol. The summed E-state index contributed by atoms with van der Waals surface area (Å²) in [5.74, 6) is -0.225. The molecular formula is C16H27ClN2OS. The first-order valence-corrected chi connectivity index (χ1v) is 7.78. The highest BCUT2D eigenvalue weighted by Gasteiger charge is 2.18. The van der Waals surface area contributed by atoms with Crippen molar-refractivity contribution >= 4 is 35.8 Å². The highest BCUT2D eigenvalue weighted by molar-refractivity contribution is 8.00. The van der Waals surface area contributed by atoms with Crippen molar-refractivity contribution in [3.05, 3.63) is 23.8 Å². The number of nitrogens with two attached hydrogens (primary N) is 1. The van der Waals surface area contributed by atoms with Crippen LogP contribution in [-0.2, 0) is 4.79 Å². The molecule has 1 aromatic carbocycles. The van der Waals surface area contributed by atoms with Crippen molar-refractivity contribution in [1.82, 2.24) is 0 Å². The number of aryl methyl sites for hydroxylation is 1. The zero-order valence-corrected chi connectivity index (χ0v) is 15.3. The molecule has 0 saturated heterocycles. The summed E-state index contributed by atoms with van der Waals surface area (Å²) in [7, 11) is 0. The number of amides is 1. The van der Waals surface area contributed by atoms with Crippen LogP contribution in [0.4, 0.5) is 5.69 Å². The maximum Gasteiger partial charge on any atom is 0.228 e. The predicted molar refractivity (Wildman–Crippen MR) is 95.5 cm³/mol. The number of benzene rings is 1. The normalized spacial score (nSPS) is 14.0. The number of hydrogen-bond donors (Lipinski definition) is 2. The molecule has 0 bridgehead atoms. The fourth-order valence-electron chi connectivity index (χ4n) is 1.68. The summed E-state index contributed by atoms with van der Waals surface area (Å²) in [5.41, 5.74) is 7.69. The number of anilines is 1. The summed E-state index contributed by atoms with van der Waals surface area (Å²) in [6.07, 6.45) is 0. The Morgan fingerprint density at radius 1 is 1.29 bits per heavy atom. The molecule has 1 aromatic rings. The summed E-state index contributed by atoms with van der Waals surface area (Å²) in [6, 6.07) is 5.98. The van der Waals surface area contributed by atoms with Crippen molar-refractivity contribution in [2.75, 3.05) is 5.32 Å². The van der Waals surface area contributed by atoms with Crippen LogP contribution in [0.25, 0.3) is 0 Å². The lowest BCUT2D eigenvalue weighted by atomic mass is 10.0. The van der Waals surface area contributed by atoms with E-state index in [2.05, 4.69) is 38.2 Å². The Hall–Kier alpha value is -0.710. The largest absolute Gasteiger partial charge is 0.327 e. The second-order valence-corrected chi connectivity index (χ2v) is 8.23. The van der Waals surface area contributed by atoms with E-state index in [4.69, 9.17) is 5.73 Å². The van der Waals surface area contributed by atoms with Gasteiger partial charge in [0.15, 0.2) is 0 Å². The SMILES string of the molecule is Cc1cc(SC(C)(C)C)ccc1NC(=O)C(C)C(C)N.Cl. The molecular weight excluding hydrogens is 304 g/mol. The number of hydrogen-bond acceptors (Lipinski definition) is 3. The predicted octanol–water partition coefficient (Wildman–Crippen LogP) is 4.23. The number of halogens is 1. The number of thioether (sulfide) groups is 1. The Labute approximate surface area is 138 Å². The van der Waals surface area contributed by atoms with Crippen LogP contribution >= 0.6 is 24.2 Å².